The molecule has 0 fully saturated rings. The Morgan fingerprint density at radius 2 is 2.18 bits per heavy atom. The molecule has 3 amide bonds. The number of alkyl halides is 1. The van der Waals surface area contributed by atoms with Crippen molar-refractivity contribution < 1.29 is 9.59 Å². The van der Waals surface area contributed by atoms with Crippen LogP contribution < -0.4 is 10.6 Å². The van der Waals surface area contributed by atoms with E-state index in [4.69, 9.17) is 11.6 Å². The quantitative estimate of drug-likeness (QED) is 0.619. The summed E-state index contributed by atoms with van der Waals surface area (Å²) in [7, 11) is 0. The van der Waals surface area contributed by atoms with Crippen LogP contribution in [-0.2, 0) is 4.79 Å². The van der Waals surface area contributed by atoms with E-state index >= 15 is 0 Å². The lowest BCUT2D eigenvalue weighted by molar-refractivity contribution is -0.119. The van der Waals surface area contributed by atoms with E-state index in [1.54, 1.807) is 0 Å². The number of imide groups is 1. The summed E-state index contributed by atoms with van der Waals surface area (Å²) in [6, 6.07) is -0.588. The third-order valence-corrected chi connectivity index (χ3v) is 0.997. The van der Waals surface area contributed by atoms with Crippen LogP contribution in [0.2, 0.25) is 0 Å². The fourth-order valence-corrected chi connectivity index (χ4v) is 0.575. The summed E-state index contributed by atoms with van der Waals surface area (Å²) in [6.45, 7) is 3.24. The minimum absolute atomic E-state index is 0.131. The van der Waals surface area contributed by atoms with Gasteiger partial charge in [0.25, 0.3) is 0 Å². The van der Waals surface area contributed by atoms with Gasteiger partial charge >= 0.3 is 6.03 Å². The summed E-state index contributed by atoms with van der Waals surface area (Å²) in [4.78, 5) is 21.2. The molecule has 62 valence electrons. The van der Waals surface area contributed by atoms with Crippen molar-refractivity contribution >= 4 is 23.5 Å². The lowest BCUT2D eigenvalue weighted by Crippen LogP contribution is -2.36. The number of hydrogen-bond donors (Lipinski definition) is 2. The number of urea groups is 1. The Bertz CT molecular complexity index is 170. The van der Waals surface area contributed by atoms with Crippen molar-refractivity contribution in [2.24, 2.45) is 0 Å². The van der Waals surface area contributed by atoms with Crippen LogP contribution in [0.1, 0.15) is 6.42 Å². The molecule has 0 spiro atoms. The maximum Gasteiger partial charge on any atom is 0.325 e. The van der Waals surface area contributed by atoms with Crippen molar-refractivity contribution in [2.45, 2.75) is 6.42 Å². The maximum atomic E-state index is 10.6. The van der Waals surface area contributed by atoms with Crippen molar-refractivity contribution in [3.63, 3.8) is 0 Å². The molecule has 0 rings (SSSR count). The van der Waals surface area contributed by atoms with E-state index in [-0.39, 0.29) is 12.3 Å². The van der Waals surface area contributed by atoms with Gasteiger partial charge in [0, 0.05) is 12.3 Å². The second-order valence-corrected chi connectivity index (χ2v) is 2.04. The minimum Gasteiger partial charge on any atom is -0.315 e. The normalized spacial score (nSPS) is 8.45. The molecule has 0 atom stereocenters. The number of carbonyl (C=O) groups is 2. The molecule has 0 aliphatic heterocycles. The molecular weight excluding hydrogens is 168 g/mol. The predicted octanol–water partition coefficient (Wildman–Crippen LogP) is 0.585. The molecular formula is C6H9ClN2O2. The van der Waals surface area contributed by atoms with Crippen molar-refractivity contribution in [2.75, 3.05) is 5.88 Å². The van der Waals surface area contributed by atoms with Gasteiger partial charge in [-0.05, 0) is 6.20 Å². The second kappa shape index (κ2) is 5.73. The van der Waals surface area contributed by atoms with E-state index in [9.17, 15) is 9.59 Å². The molecule has 11 heavy (non-hydrogen) atoms. The summed E-state index contributed by atoms with van der Waals surface area (Å²) in [5.74, 6) is -0.202. The number of rotatable bonds is 3. The molecule has 4 nitrogen and oxygen atoms in total. The molecule has 0 bridgehead atoms. The van der Waals surface area contributed by atoms with E-state index in [0.717, 1.165) is 0 Å². The van der Waals surface area contributed by atoms with Crippen LogP contribution in [0.5, 0.6) is 0 Å². The van der Waals surface area contributed by atoms with Crippen LogP contribution >= 0.6 is 11.6 Å². The lowest BCUT2D eigenvalue weighted by atomic mass is 10.4. The number of carbonyl (C=O) groups excluding carboxylic acids is 2. The highest BCUT2D eigenvalue weighted by atomic mass is 35.5. The second-order valence-electron chi connectivity index (χ2n) is 1.66. The highest BCUT2D eigenvalue weighted by Gasteiger charge is 2.03. The third kappa shape index (κ3) is 5.42. The number of nitrogens with one attached hydrogen (secondary N) is 2. The summed E-state index contributed by atoms with van der Waals surface area (Å²) in [5.41, 5.74) is 0. The van der Waals surface area contributed by atoms with Crippen LogP contribution in [0, 0.1) is 0 Å². The van der Waals surface area contributed by atoms with Gasteiger partial charge in [0.05, 0.1) is 0 Å². The van der Waals surface area contributed by atoms with Gasteiger partial charge in [-0.15, -0.1) is 11.6 Å². The van der Waals surface area contributed by atoms with Gasteiger partial charge in [-0.2, -0.15) is 0 Å². The molecule has 0 aliphatic carbocycles. The first-order chi connectivity index (χ1) is 5.20. The number of halogens is 1. The maximum absolute atomic E-state index is 10.6. The standard InChI is InChI=1S/C6H9ClN2O2/c1-2-8-6(11)9-5(10)3-4-7/h2H,1,3-4H2,(H2,8,9,10,11). The lowest BCUT2D eigenvalue weighted by Gasteiger charge is -1.99. The fraction of sp³-hybridized carbons (Fsp3) is 0.333. The zero-order chi connectivity index (χ0) is 8.69. The Balaban J connectivity index is 3.57. The molecule has 0 aromatic rings. The van der Waals surface area contributed by atoms with Gasteiger partial charge in [0.1, 0.15) is 0 Å². The van der Waals surface area contributed by atoms with Crippen LogP contribution in [0.15, 0.2) is 12.8 Å². The summed E-state index contributed by atoms with van der Waals surface area (Å²) < 4.78 is 0. The van der Waals surface area contributed by atoms with E-state index in [0.29, 0.717) is 0 Å². The fourth-order valence-electron chi connectivity index (χ4n) is 0.404. The van der Waals surface area contributed by atoms with Crippen molar-refractivity contribution in [1.29, 1.82) is 0 Å². The molecule has 0 unspecified atom stereocenters. The number of hydrogen-bond acceptors (Lipinski definition) is 2. The van der Waals surface area contributed by atoms with Crippen LogP contribution in [0.25, 0.3) is 0 Å². The molecule has 0 aromatic heterocycles. The van der Waals surface area contributed by atoms with E-state index in [1.807, 2.05) is 5.32 Å². The molecule has 0 saturated heterocycles. The van der Waals surface area contributed by atoms with Crippen molar-refractivity contribution in [3.05, 3.63) is 12.8 Å². The topological polar surface area (TPSA) is 58.2 Å². The van der Waals surface area contributed by atoms with E-state index < -0.39 is 11.9 Å². The molecule has 0 radical (unpaired) electrons. The molecule has 2 N–H and O–H groups in total. The summed E-state index contributed by atoms with van der Waals surface area (Å²) in [6.07, 6.45) is 1.31. The average Bonchev–Trinajstić information content (AvgIpc) is 1.87. The first-order valence-electron chi connectivity index (χ1n) is 2.98. The molecule has 5 heteroatoms. The Morgan fingerprint density at radius 1 is 1.55 bits per heavy atom. The molecule has 0 heterocycles. The molecule has 0 aliphatic rings. The average molecular weight is 177 g/mol. The monoisotopic (exact) mass is 176 g/mol. The predicted molar refractivity (Wildman–Crippen MR) is 42.2 cm³/mol. The van der Waals surface area contributed by atoms with Gasteiger partial charge in [-0.1, -0.05) is 6.58 Å². The van der Waals surface area contributed by atoms with Gasteiger partial charge < -0.3 is 5.32 Å². The minimum atomic E-state index is -0.588. The molecule has 0 saturated carbocycles. The van der Waals surface area contributed by atoms with E-state index in [1.165, 1.54) is 6.20 Å². The Hall–Kier alpha value is -1.03. The summed E-state index contributed by atoms with van der Waals surface area (Å²) in [5, 5.41) is 4.22. The third-order valence-electron chi connectivity index (χ3n) is 0.808. The van der Waals surface area contributed by atoms with Crippen molar-refractivity contribution in [1.82, 2.24) is 10.6 Å². The largest absolute Gasteiger partial charge is 0.325 e. The number of amides is 3. The van der Waals surface area contributed by atoms with Crippen LogP contribution in [0.4, 0.5) is 4.79 Å². The van der Waals surface area contributed by atoms with Gasteiger partial charge in [-0.3, -0.25) is 10.1 Å². The molecule has 0 aromatic carbocycles. The Labute approximate surface area is 69.6 Å². The van der Waals surface area contributed by atoms with Crippen LogP contribution in [-0.4, -0.2) is 17.8 Å². The first kappa shape index (κ1) is 9.97. The zero-order valence-corrected chi connectivity index (χ0v) is 6.65. The van der Waals surface area contributed by atoms with Crippen molar-refractivity contribution in [3.8, 4) is 0 Å². The summed E-state index contributed by atoms with van der Waals surface area (Å²) >= 11 is 5.24. The Kier molecular flexibility index (Phi) is 5.20. The SMILES string of the molecule is C=CNC(=O)NC(=O)CCCl. The van der Waals surface area contributed by atoms with Gasteiger partial charge in [-0.25, -0.2) is 4.79 Å². The van der Waals surface area contributed by atoms with E-state index in [2.05, 4.69) is 11.9 Å². The zero-order valence-electron chi connectivity index (χ0n) is 5.89. The van der Waals surface area contributed by atoms with Gasteiger partial charge in [0.2, 0.25) is 5.91 Å². The highest BCUT2D eigenvalue weighted by molar-refractivity contribution is 6.19. The first-order valence-corrected chi connectivity index (χ1v) is 3.51. The van der Waals surface area contributed by atoms with Crippen LogP contribution in [0.3, 0.4) is 0 Å². The smallest absolute Gasteiger partial charge is 0.315 e. The highest BCUT2D eigenvalue weighted by Crippen LogP contribution is 1.83. The Morgan fingerprint density at radius 3 is 2.64 bits per heavy atom. The van der Waals surface area contributed by atoms with Gasteiger partial charge in [0.15, 0.2) is 0 Å².